The predicted molar refractivity (Wildman–Crippen MR) is 73.9 cm³/mol. The van der Waals surface area contributed by atoms with Crippen LogP contribution in [-0.2, 0) is 0 Å². The first-order valence-electron chi connectivity index (χ1n) is 5.13. The lowest BCUT2D eigenvalue weighted by Gasteiger charge is -2.07. The summed E-state index contributed by atoms with van der Waals surface area (Å²) in [6.07, 6.45) is 1.48. The van der Waals surface area contributed by atoms with Crippen LogP contribution >= 0.6 is 27.5 Å². The van der Waals surface area contributed by atoms with Crippen molar-refractivity contribution < 1.29 is 4.79 Å². The minimum atomic E-state index is -0.250. The van der Waals surface area contributed by atoms with Gasteiger partial charge in [0.05, 0.1) is 5.56 Å². The maximum absolute atomic E-state index is 12.1. The van der Waals surface area contributed by atoms with Crippen molar-refractivity contribution >= 4 is 39.3 Å². The Morgan fingerprint density at radius 3 is 2.89 bits per heavy atom. The van der Waals surface area contributed by atoms with Gasteiger partial charge in [0, 0.05) is 10.7 Å². The van der Waals surface area contributed by atoms with Crippen molar-refractivity contribution in [2.75, 3.05) is 5.32 Å². The van der Waals surface area contributed by atoms with Gasteiger partial charge in [0.1, 0.15) is 5.82 Å². The smallest absolute Gasteiger partial charge is 0.257 e. The van der Waals surface area contributed by atoms with Crippen molar-refractivity contribution in [3.63, 3.8) is 0 Å². The van der Waals surface area contributed by atoms with Crippen molar-refractivity contribution in [2.45, 2.75) is 6.92 Å². The Morgan fingerprint density at radius 2 is 2.17 bits per heavy atom. The zero-order valence-electron chi connectivity index (χ0n) is 9.45. The molecule has 0 saturated heterocycles. The highest BCUT2D eigenvalue weighted by Gasteiger charge is 2.12. The van der Waals surface area contributed by atoms with Crippen LogP contribution in [0.25, 0.3) is 0 Å². The molecule has 2 rings (SSSR count). The number of hydrogen-bond acceptors (Lipinski definition) is 3. The standard InChI is InChI=1S/C12H9BrClN3O/c1-7-3-2-4-8(10(7)13)11(18)16-9-5-6-15-12(14)17-9/h2-6H,1H3,(H,15,16,17,18). The van der Waals surface area contributed by atoms with E-state index in [0.29, 0.717) is 11.4 Å². The molecule has 1 N–H and O–H groups in total. The monoisotopic (exact) mass is 325 g/mol. The van der Waals surface area contributed by atoms with Crippen LogP contribution in [0, 0.1) is 6.92 Å². The number of anilines is 1. The third-order valence-corrected chi connectivity index (χ3v) is 3.54. The molecule has 2 aromatic rings. The number of halogens is 2. The van der Waals surface area contributed by atoms with Crippen molar-refractivity contribution in [1.82, 2.24) is 9.97 Å². The Hall–Kier alpha value is -1.46. The summed E-state index contributed by atoms with van der Waals surface area (Å²) in [6, 6.07) is 7.05. The van der Waals surface area contributed by atoms with Gasteiger partial charge in [0.25, 0.3) is 5.91 Å². The van der Waals surface area contributed by atoms with Gasteiger partial charge >= 0.3 is 0 Å². The van der Waals surface area contributed by atoms with E-state index in [1.54, 1.807) is 12.1 Å². The summed E-state index contributed by atoms with van der Waals surface area (Å²) >= 11 is 9.04. The summed E-state index contributed by atoms with van der Waals surface area (Å²) < 4.78 is 0.766. The van der Waals surface area contributed by atoms with E-state index in [1.165, 1.54) is 6.20 Å². The maximum Gasteiger partial charge on any atom is 0.257 e. The van der Waals surface area contributed by atoms with E-state index in [4.69, 9.17) is 11.6 Å². The molecule has 0 bridgehead atoms. The summed E-state index contributed by atoms with van der Waals surface area (Å²) in [5, 5.41) is 2.76. The van der Waals surface area contributed by atoms with Gasteiger partial charge in [-0.1, -0.05) is 12.1 Å². The zero-order chi connectivity index (χ0) is 13.1. The van der Waals surface area contributed by atoms with Crippen LogP contribution < -0.4 is 5.32 Å². The fourth-order valence-corrected chi connectivity index (χ4v) is 2.00. The Morgan fingerprint density at radius 1 is 1.39 bits per heavy atom. The van der Waals surface area contributed by atoms with Crippen LogP contribution in [0.5, 0.6) is 0 Å². The predicted octanol–water partition coefficient (Wildman–Crippen LogP) is 3.45. The highest BCUT2D eigenvalue weighted by Crippen LogP contribution is 2.21. The molecule has 0 radical (unpaired) electrons. The molecule has 0 aliphatic heterocycles. The van der Waals surface area contributed by atoms with Gasteiger partial charge in [-0.25, -0.2) is 9.97 Å². The molecule has 1 amide bonds. The fourth-order valence-electron chi connectivity index (χ4n) is 1.41. The molecule has 0 spiro atoms. The minimum absolute atomic E-state index is 0.0936. The lowest BCUT2D eigenvalue weighted by Crippen LogP contribution is -2.14. The van der Waals surface area contributed by atoms with Crippen molar-refractivity contribution in [3.8, 4) is 0 Å². The van der Waals surface area contributed by atoms with Gasteiger partial charge in [-0.05, 0) is 52.2 Å². The first-order chi connectivity index (χ1) is 8.58. The van der Waals surface area contributed by atoms with Crippen LogP contribution in [0.2, 0.25) is 5.28 Å². The molecule has 0 saturated carbocycles. The van der Waals surface area contributed by atoms with Gasteiger partial charge in [-0.2, -0.15) is 0 Å². The molecule has 6 heteroatoms. The van der Waals surface area contributed by atoms with Gasteiger partial charge in [-0.15, -0.1) is 0 Å². The number of amides is 1. The molecule has 4 nitrogen and oxygen atoms in total. The Bertz CT molecular complexity index is 604. The number of carbonyl (C=O) groups excluding carboxylic acids is 1. The summed E-state index contributed by atoms with van der Waals surface area (Å²) in [4.78, 5) is 19.7. The van der Waals surface area contributed by atoms with Gasteiger partial charge in [-0.3, -0.25) is 4.79 Å². The van der Waals surface area contributed by atoms with Gasteiger partial charge in [0.2, 0.25) is 5.28 Å². The van der Waals surface area contributed by atoms with Crippen molar-refractivity contribution in [2.24, 2.45) is 0 Å². The van der Waals surface area contributed by atoms with E-state index in [-0.39, 0.29) is 11.2 Å². The summed E-state index contributed by atoms with van der Waals surface area (Å²) in [6.45, 7) is 1.92. The second-order valence-electron chi connectivity index (χ2n) is 3.60. The third kappa shape index (κ3) is 2.86. The number of aryl methyl sites for hydroxylation is 1. The average molecular weight is 327 g/mol. The van der Waals surface area contributed by atoms with E-state index < -0.39 is 0 Å². The molecule has 18 heavy (non-hydrogen) atoms. The van der Waals surface area contributed by atoms with E-state index in [0.717, 1.165) is 10.0 Å². The van der Waals surface area contributed by atoms with Gasteiger partial charge < -0.3 is 5.32 Å². The topological polar surface area (TPSA) is 54.9 Å². The summed E-state index contributed by atoms with van der Waals surface area (Å²) in [5.41, 5.74) is 1.54. The molecular weight excluding hydrogens is 318 g/mol. The number of aromatic nitrogens is 2. The number of nitrogens with zero attached hydrogens (tertiary/aromatic N) is 2. The maximum atomic E-state index is 12.1. The highest BCUT2D eigenvalue weighted by atomic mass is 79.9. The molecule has 0 aliphatic carbocycles. The second-order valence-corrected chi connectivity index (χ2v) is 4.73. The minimum Gasteiger partial charge on any atom is -0.306 e. The van der Waals surface area contributed by atoms with Crippen molar-refractivity contribution in [3.05, 3.63) is 51.3 Å². The Kier molecular flexibility index (Phi) is 3.93. The SMILES string of the molecule is Cc1cccc(C(=O)Nc2ccnc(Cl)n2)c1Br. The fraction of sp³-hybridized carbons (Fsp3) is 0.0833. The van der Waals surface area contributed by atoms with Crippen molar-refractivity contribution in [1.29, 1.82) is 0 Å². The number of rotatable bonds is 2. The molecule has 0 aliphatic rings. The molecule has 92 valence electrons. The first-order valence-corrected chi connectivity index (χ1v) is 6.30. The lowest BCUT2D eigenvalue weighted by atomic mass is 10.1. The van der Waals surface area contributed by atoms with Crippen LogP contribution in [0.1, 0.15) is 15.9 Å². The second kappa shape index (κ2) is 5.46. The molecular formula is C12H9BrClN3O. The summed E-state index contributed by atoms with van der Waals surface area (Å²) in [5.74, 6) is 0.119. The summed E-state index contributed by atoms with van der Waals surface area (Å²) in [7, 11) is 0. The Balaban J connectivity index is 2.25. The largest absolute Gasteiger partial charge is 0.306 e. The number of benzene rings is 1. The number of nitrogens with one attached hydrogen (secondary N) is 1. The molecule has 0 fully saturated rings. The van der Waals surface area contributed by atoms with Gasteiger partial charge in [0.15, 0.2) is 0 Å². The van der Waals surface area contributed by atoms with Crippen LogP contribution in [0.15, 0.2) is 34.9 Å². The molecule has 1 aromatic carbocycles. The molecule has 1 heterocycles. The zero-order valence-corrected chi connectivity index (χ0v) is 11.8. The highest BCUT2D eigenvalue weighted by molar-refractivity contribution is 9.10. The molecule has 0 unspecified atom stereocenters. The number of carbonyl (C=O) groups is 1. The lowest BCUT2D eigenvalue weighted by molar-refractivity contribution is 0.102. The van der Waals surface area contributed by atoms with Crippen LogP contribution in [-0.4, -0.2) is 15.9 Å². The number of hydrogen-bond donors (Lipinski definition) is 1. The van der Waals surface area contributed by atoms with E-state index in [1.807, 2.05) is 19.1 Å². The van der Waals surface area contributed by atoms with Crippen LogP contribution in [0.4, 0.5) is 5.82 Å². The van der Waals surface area contributed by atoms with E-state index >= 15 is 0 Å². The quantitative estimate of drug-likeness (QED) is 0.860. The third-order valence-electron chi connectivity index (χ3n) is 2.30. The average Bonchev–Trinajstić information content (AvgIpc) is 2.32. The molecule has 1 aromatic heterocycles. The van der Waals surface area contributed by atoms with E-state index in [2.05, 4.69) is 31.2 Å². The normalized spacial score (nSPS) is 10.2. The molecule has 0 atom stereocenters. The first kappa shape index (κ1) is 13.0. The van der Waals surface area contributed by atoms with Crippen LogP contribution in [0.3, 0.4) is 0 Å². The Labute approximate surface area is 118 Å². The van der Waals surface area contributed by atoms with E-state index in [9.17, 15) is 4.79 Å².